The zero-order valence-corrected chi connectivity index (χ0v) is 9.64. The molecule has 0 radical (unpaired) electrons. The van der Waals surface area contributed by atoms with E-state index in [4.69, 9.17) is 0 Å². The van der Waals surface area contributed by atoms with Crippen molar-refractivity contribution in [1.29, 1.82) is 0 Å². The van der Waals surface area contributed by atoms with Gasteiger partial charge in [0.2, 0.25) is 0 Å². The van der Waals surface area contributed by atoms with E-state index in [1.807, 2.05) is 0 Å². The fourth-order valence-electron chi connectivity index (χ4n) is 2.46. The summed E-state index contributed by atoms with van der Waals surface area (Å²) in [7, 11) is 0. The maximum absolute atomic E-state index is 3.72. The van der Waals surface area contributed by atoms with Crippen LogP contribution < -0.4 is 5.32 Å². The molecule has 1 N–H and O–H groups in total. The summed E-state index contributed by atoms with van der Waals surface area (Å²) in [5.74, 6) is 2.53. The van der Waals surface area contributed by atoms with Crippen LogP contribution in [0.4, 0.5) is 0 Å². The molecule has 0 aromatic carbocycles. The normalized spacial score (nSPS) is 31.2. The molecule has 0 heterocycles. The topological polar surface area (TPSA) is 12.0 Å². The first-order valence-corrected chi connectivity index (χ1v) is 5.84. The van der Waals surface area contributed by atoms with Crippen molar-refractivity contribution in [2.75, 3.05) is 6.54 Å². The lowest BCUT2D eigenvalue weighted by Crippen LogP contribution is -2.44. The van der Waals surface area contributed by atoms with Crippen molar-refractivity contribution >= 4 is 0 Å². The van der Waals surface area contributed by atoms with Gasteiger partial charge in [-0.3, -0.25) is 0 Å². The van der Waals surface area contributed by atoms with Crippen molar-refractivity contribution in [3.05, 3.63) is 0 Å². The largest absolute Gasteiger partial charge is 0.313 e. The molecule has 0 saturated heterocycles. The molecule has 1 aliphatic rings. The Bertz CT molecular complexity index is 132. The van der Waals surface area contributed by atoms with Crippen LogP contribution in [-0.2, 0) is 0 Å². The molecule has 1 fully saturated rings. The number of rotatable bonds is 3. The van der Waals surface area contributed by atoms with Crippen LogP contribution in [0.3, 0.4) is 0 Å². The molecule has 0 aliphatic heterocycles. The summed E-state index contributed by atoms with van der Waals surface area (Å²) in [5.41, 5.74) is 0. The van der Waals surface area contributed by atoms with Gasteiger partial charge in [-0.1, -0.05) is 34.1 Å². The van der Waals surface area contributed by atoms with E-state index in [1.165, 1.54) is 25.8 Å². The second-order valence-electron chi connectivity index (χ2n) is 5.21. The molecule has 1 nitrogen and oxygen atoms in total. The van der Waals surface area contributed by atoms with Gasteiger partial charge in [0.05, 0.1) is 0 Å². The number of hydrogen-bond acceptors (Lipinski definition) is 1. The first-order chi connectivity index (χ1) is 6.11. The van der Waals surface area contributed by atoms with Crippen LogP contribution >= 0.6 is 0 Å². The summed E-state index contributed by atoms with van der Waals surface area (Å²) in [4.78, 5) is 0. The molecule has 0 amide bonds. The Morgan fingerprint density at radius 1 is 1.15 bits per heavy atom. The summed E-state index contributed by atoms with van der Waals surface area (Å²) in [6.07, 6.45) is 4.27. The zero-order valence-electron chi connectivity index (χ0n) is 9.64. The van der Waals surface area contributed by atoms with Crippen molar-refractivity contribution in [3.63, 3.8) is 0 Å². The fraction of sp³-hybridized carbons (Fsp3) is 1.00. The standard InChI is InChI=1S/C12H25N/c1-9(2)8-13-12-10(3)6-5-7-11(12)4/h9-13H,5-8H2,1-4H3/t10-,11-/m1/s1. The summed E-state index contributed by atoms with van der Waals surface area (Å²) >= 11 is 0. The molecule has 13 heavy (non-hydrogen) atoms. The van der Waals surface area contributed by atoms with Crippen molar-refractivity contribution < 1.29 is 0 Å². The Labute approximate surface area is 83.3 Å². The van der Waals surface area contributed by atoms with Crippen molar-refractivity contribution in [3.8, 4) is 0 Å². The molecule has 1 rings (SSSR count). The lowest BCUT2D eigenvalue weighted by Gasteiger charge is -2.35. The van der Waals surface area contributed by atoms with Crippen LogP contribution in [0.5, 0.6) is 0 Å². The third kappa shape index (κ3) is 3.30. The van der Waals surface area contributed by atoms with Gasteiger partial charge in [0, 0.05) is 6.04 Å². The minimum absolute atomic E-state index is 0.774. The predicted octanol–water partition coefficient (Wildman–Crippen LogP) is 3.06. The average Bonchev–Trinajstić information content (AvgIpc) is 2.03. The minimum Gasteiger partial charge on any atom is -0.313 e. The maximum atomic E-state index is 3.72. The first-order valence-electron chi connectivity index (χ1n) is 5.84. The van der Waals surface area contributed by atoms with E-state index in [9.17, 15) is 0 Å². The molecule has 0 bridgehead atoms. The van der Waals surface area contributed by atoms with E-state index < -0.39 is 0 Å². The highest BCUT2D eigenvalue weighted by Crippen LogP contribution is 2.28. The van der Waals surface area contributed by atoms with Gasteiger partial charge in [-0.05, 0) is 37.1 Å². The van der Waals surface area contributed by atoms with Gasteiger partial charge in [0.25, 0.3) is 0 Å². The third-order valence-electron chi connectivity index (χ3n) is 3.31. The SMILES string of the molecule is CC(C)CNC1[C@H](C)CCC[C@H]1C. The number of hydrogen-bond donors (Lipinski definition) is 1. The summed E-state index contributed by atoms with van der Waals surface area (Å²) < 4.78 is 0. The predicted molar refractivity (Wildman–Crippen MR) is 58.8 cm³/mol. The van der Waals surface area contributed by atoms with Gasteiger partial charge >= 0.3 is 0 Å². The van der Waals surface area contributed by atoms with Gasteiger partial charge in [0.15, 0.2) is 0 Å². The fourth-order valence-corrected chi connectivity index (χ4v) is 2.46. The highest BCUT2D eigenvalue weighted by atomic mass is 14.9. The highest BCUT2D eigenvalue weighted by molar-refractivity contribution is 4.83. The molecule has 1 saturated carbocycles. The Balaban J connectivity index is 2.35. The highest BCUT2D eigenvalue weighted by Gasteiger charge is 2.26. The molecule has 1 heteroatoms. The first kappa shape index (κ1) is 11.0. The van der Waals surface area contributed by atoms with Gasteiger partial charge in [-0.2, -0.15) is 0 Å². The molecule has 0 unspecified atom stereocenters. The Kier molecular flexibility index (Phi) is 4.24. The quantitative estimate of drug-likeness (QED) is 0.709. The second kappa shape index (κ2) is 4.99. The summed E-state index contributed by atoms with van der Waals surface area (Å²) in [6.45, 7) is 10.5. The Morgan fingerprint density at radius 3 is 2.15 bits per heavy atom. The van der Waals surface area contributed by atoms with Gasteiger partial charge in [0.1, 0.15) is 0 Å². The van der Waals surface area contributed by atoms with Crippen LogP contribution in [-0.4, -0.2) is 12.6 Å². The van der Waals surface area contributed by atoms with E-state index in [1.54, 1.807) is 0 Å². The lowest BCUT2D eigenvalue weighted by molar-refractivity contribution is 0.204. The molecule has 0 aromatic heterocycles. The molecule has 0 spiro atoms. The summed E-state index contributed by atoms with van der Waals surface area (Å²) in [5, 5.41) is 3.72. The van der Waals surface area contributed by atoms with E-state index in [-0.39, 0.29) is 0 Å². The second-order valence-corrected chi connectivity index (χ2v) is 5.21. The van der Waals surface area contributed by atoms with Crippen LogP contribution in [0.2, 0.25) is 0 Å². The van der Waals surface area contributed by atoms with Crippen LogP contribution in [0.15, 0.2) is 0 Å². The van der Waals surface area contributed by atoms with E-state index in [2.05, 4.69) is 33.0 Å². The zero-order chi connectivity index (χ0) is 9.84. The van der Waals surface area contributed by atoms with Crippen molar-refractivity contribution in [1.82, 2.24) is 5.32 Å². The maximum Gasteiger partial charge on any atom is 0.0118 e. The van der Waals surface area contributed by atoms with Gasteiger partial charge in [-0.25, -0.2) is 0 Å². The van der Waals surface area contributed by atoms with Crippen molar-refractivity contribution in [2.45, 2.75) is 53.0 Å². The van der Waals surface area contributed by atoms with E-state index in [0.717, 1.165) is 23.8 Å². The third-order valence-corrected chi connectivity index (χ3v) is 3.31. The summed E-state index contributed by atoms with van der Waals surface area (Å²) in [6, 6.07) is 0.774. The van der Waals surface area contributed by atoms with Crippen molar-refractivity contribution in [2.24, 2.45) is 17.8 Å². The molecule has 2 atom stereocenters. The van der Waals surface area contributed by atoms with Crippen LogP contribution in [0.1, 0.15) is 47.0 Å². The Hall–Kier alpha value is -0.0400. The number of nitrogens with one attached hydrogen (secondary N) is 1. The molecular formula is C12H25N. The minimum atomic E-state index is 0.774. The Morgan fingerprint density at radius 2 is 1.69 bits per heavy atom. The monoisotopic (exact) mass is 183 g/mol. The van der Waals surface area contributed by atoms with Gasteiger partial charge in [-0.15, -0.1) is 0 Å². The van der Waals surface area contributed by atoms with Crippen LogP contribution in [0.25, 0.3) is 0 Å². The lowest BCUT2D eigenvalue weighted by atomic mass is 9.78. The average molecular weight is 183 g/mol. The molecular weight excluding hydrogens is 158 g/mol. The molecule has 1 aliphatic carbocycles. The van der Waals surface area contributed by atoms with Gasteiger partial charge < -0.3 is 5.32 Å². The molecule has 0 aromatic rings. The van der Waals surface area contributed by atoms with E-state index in [0.29, 0.717) is 0 Å². The van der Waals surface area contributed by atoms with Crippen LogP contribution in [0, 0.1) is 17.8 Å². The smallest absolute Gasteiger partial charge is 0.0118 e. The molecule has 78 valence electrons. The van der Waals surface area contributed by atoms with E-state index >= 15 is 0 Å².